The van der Waals surface area contributed by atoms with Crippen LogP contribution in [0.4, 0.5) is 0 Å². The molecule has 0 bridgehead atoms. The summed E-state index contributed by atoms with van der Waals surface area (Å²) in [4.78, 5) is 8.08. The van der Waals surface area contributed by atoms with E-state index in [1.54, 1.807) is 30.6 Å². The highest BCUT2D eigenvalue weighted by atomic mass is 16.5. The van der Waals surface area contributed by atoms with Gasteiger partial charge in [0.05, 0.1) is 17.5 Å². The number of hydrogen-bond donors (Lipinski definition) is 2. The van der Waals surface area contributed by atoms with Gasteiger partial charge in [0.15, 0.2) is 5.75 Å². The Kier molecular flexibility index (Phi) is 3.00. The molecule has 86 valence electrons. The lowest BCUT2D eigenvalue weighted by Gasteiger charge is -2.10. The minimum atomic E-state index is -0.0519. The van der Waals surface area contributed by atoms with Gasteiger partial charge in [0.1, 0.15) is 11.6 Å². The third kappa shape index (κ3) is 2.39. The van der Waals surface area contributed by atoms with Crippen LogP contribution in [0.25, 0.3) is 0 Å². The predicted octanol–water partition coefficient (Wildman–Crippen LogP) is 1.86. The van der Waals surface area contributed by atoms with Gasteiger partial charge in [0.2, 0.25) is 0 Å². The summed E-state index contributed by atoms with van der Waals surface area (Å²) in [6, 6.07) is 5.23. The van der Waals surface area contributed by atoms with E-state index in [9.17, 15) is 0 Å². The molecule has 0 unspecified atom stereocenters. The normalized spacial score (nSPS) is 9.94. The van der Waals surface area contributed by atoms with Gasteiger partial charge >= 0.3 is 0 Å². The quantitative estimate of drug-likeness (QED) is 0.620. The first-order valence-electron chi connectivity index (χ1n) is 5.06. The second kappa shape index (κ2) is 4.61. The number of nitrogens with zero attached hydrogens (tertiary/aromatic N) is 2. The van der Waals surface area contributed by atoms with Gasteiger partial charge in [0.25, 0.3) is 0 Å². The van der Waals surface area contributed by atoms with Crippen molar-refractivity contribution in [1.29, 1.82) is 5.41 Å². The maximum absolute atomic E-state index is 7.45. The fourth-order valence-electron chi connectivity index (χ4n) is 1.38. The molecule has 17 heavy (non-hydrogen) atoms. The predicted molar refractivity (Wildman–Crippen MR) is 64.3 cm³/mol. The highest BCUT2D eigenvalue weighted by Crippen LogP contribution is 2.25. The van der Waals surface area contributed by atoms with Crippen LogP contribution in [-0.2, 0) is 0 Å². The maximum atomic E-state index is 7.45. The van der Waals surface area contributed by atoms with Gasteiger partial charge in [-0.3, -0.25) is 15.4 Å². The first-order valence-corrected chi connectivity index (χ1v) is 5.06. The van der Waals surface area contributed by atoms with E-state index in [1.807, 2.05) is 6.92 Å². The largest absolute Gasteiger partial charge is 0.453 e. The molecular weight excluding hydrogens is 216 g/mol. The lowest BCUT2D eigenvalue weighted by Crippen LogP contribution is -2.12. The monoisotopic (exact) mass is 228 g/mol. The number of rotatable bonds is 3. The molecule has 0 spiro atoms. The number of aryl methyl sites for hydroxylation is 1. The van der Waals surface area contributed by atoms with Crippen molar-refractivity contribution in [3.05, 3.63) is 48.0 Å². The van der Waals surface area contributed by atoms with Crippen LogP contribution in [0.2, 0.25) is 0 Å². The van der Waals surface area contributed by atoms with Gasteiger partial charge in [-0.25, -0.2) is 0 Å². The Morgan fingerprint density at radius 2 is 2.12 bits per heavy atom. The molecule has 0 aliphatic rings. The fourth-order valence-corrected chi connectivity index (χ4v) is 1.38. The standard InChI is InChI=1S/C12H12N4O/c1-8-10(3-2-5-16-8)17-11-7-15-6-4-9(11)12(13)14/h2-7H,1H3,(H3,13,14). The molecule has 2 aromatic heterocycles. The molecule has 0 radical (unpaired) electrons. The highest BCUT2D eigenvalue weighted by molar-refractivity contribution is 5.97. The molecule has 2 heterocycles. The van der Waals surface area contributed by atoms with Gasteiger partial charge in [-0.15, -0.1) is 0 Å². The first-order chi connectivity index (χ1) is 8.18. The smallest absolute Gasteiger partial charge is 0.156 e. The van der Waals surface area contributed by atoms with Crippen LogP contribution >= 0.6 is 0 Å². The lowest BCUT2D eigenvalue weighted by atomic mass is 10.2. The topological polar surface area (TPSA) is 84.9 Å². The van der Waals surface area contributed by atoms with E-state index in [0.29, 0.717) is 17.1 Å². The Hall–Kier alpha value is -2.43. The number of amidine groups is 1. The number of nitrogen functional groups attached to an aromatic ring is 1. The molecule has 3 N–H and O–H groups in total. The van der Waals surface area contributed by atoms with Gasteiger partial charge in [-0.2, -0.15) is 0 Å². The van der Waals surface area contributed by atoms with E-state index in [2.05, 4.69) is 9.97 Å². The van der Waals surface area contributed by atoms with E-state index in [0.717, 1.165) is 5.69 Å². The van der Waals surface area contributed by atoms with Gasteiger partial charge < -0.3 is 10.5 Å². The number of nitrogens with two attached hydrogens (primary N) is 1. The number of nitrogens with one attached hydrogen (secondary N) is 1. The summed E-state index contributed by atoms with van der Waals surface area (Å²) < 4.78 is 5.66. The molecule has 5 nitrogen and oxygen atoms in total. The first kappa shape index (κ1) is 11.1. The molecule has 2 rings (SSSR count). The molecule has 2 aromatic rings. The van der Waals surface area contributed by atoms with E-state index in [4.69, 9.17) is 15.9 Å². The van der Waals surface area contributed by atoms with Crippen LogP contribution in [-0.4, -0.2) is 15.8 Å². The molecule has 0 aliphatic heterocycles. The van der Waals surface area contributed by atoms with Crippen LogP contribution in [0.1, 0.15) is 11.3 Å². The van der Waals surface area contributed by atoms with Crippen LogP contribution in [0, 0.1) is 12.3 Å². The summed E-state index contributed by atoms with van der Waals surface area (Å²) in [5.41, 5.74) is 6.75. The summed E-state index contributed by atoms with van der Waals surface area (Å²) in [7, 11) is 0. The van der Waals surface area contributed by atoms with Crippen LogP contribution < -0.4 is 10.5 Å². The average molecular weight is 228 g/mol. The molecule has 0 saturated heterocycles. The van der Waals surface area contributed by atoms with Crippen molar-refractivity contribution >= 4 is 5.84 Å². The lowest BCUT2D eigenvalue weighted by molar-refractivity contribution is 0.472. The minimum Gasteiger partial charge on any atom is -0.453 e. The molecular formula is C12H12N4O. The Morgan fingerprint density at radius 3 is 2.82 bits per heavy atom. The van der Waals surface area contributed by atoms with Gasteiger partial charge in [0, 0.05) is 12.4 Å². The van der Waals surface area contributed by atoms with Crippen LogP contribution in [0.5, 0.6) is 11.5 Å². The summed E-state index contributed by atoms with van der Waals surface area (Å²) in [6.45, 7) is 1.85. The van der Waals surface area contributed by atoms with E-state index >= 15 is 0 Å². The average Bonchev–Trinajstić information content (AvgIpc) is 2.32. The number of hydrogen-bond acceptors (Lipinski definition) is 4. The van der Waals surface area contributed by atoms with E-state index in [-0.39, 0.29) is 5.84 Å². The summed E-state index contributed by atoms with van der Waals surface area (Å²) in [5.74, 6) is 1.03. The fraction of sp³-hybridized carbons (Fsp3) is 0.0833. The summed E-state index contributed by atoms with van der Waals surface area (Å²) in [6.07, 6.45) is 4.79. The number of aromatic nitrogens is 2. The number of pyridine rings is 2. The minimum absolute atomic E-state index is 0.0519. The van der Waals surface area contributed by atoms with Crippen molar-refractivity contribution in [1.82, 2.24) is 9.97 Å². The zero-order valence-corrected chi connectivity index (χ0v) is 9.34. The zero-order chi connectivity index (χ0) is 12.3. The molecule has 0 amide bonds. The van der Waals surface area contributed by atoms with Crippen molar-refractivity contribution in [2.75, 3.05) is 0 Å². The Labute approximate surface area is 98.8 Å². The zero-order valence-electron chi connectivity index (χ0n) is 9.34. The van der Waals surface area contributed by atoms with Gasteiger partial charge in [-0.1, -0.05) is 0 Å². The molecule has 0 aliphatic carbocycles. The Bertz CT molecular complexity index is 554. The molecule has 0 aromatic carbocycles. The Balaban J connectivity index is 2.37. The molecule has 5 heteroatoms. The molecule has 0 fully saturated rings. The number of ether oxygens (including phenoxy) is 1. The highest BCUT2D eigenvalue weighted by Gasteiger charge is 2.08. The van der Waals surface area contributed by atoms with E-state index in [1.165, 1.54) is 6.20 Å². The third-order valence-corrected chi connectivity index (χ3v) is 2.25. The van der Waals surface area contributed by atoms with Crippen molar-refractivity contribution in [3.63, 3.8) is 0 Å². The maximum Gasteiger partial charge on any atom is 0.156 e. The van der Waals surface area contributed by atoms with Crippen molar-refractivity contribution in [2.45, 2.75) is 6.92 Å². The Morgan fingerprint density at radius 1 is 1.29 bits per heavy atom. The van der Waals surface area contributed by atoms with Crippen LogP contribution in [0.15, 0.2) is 36.8 Å². The van der Waals surface area contributed by atoms with E-state index < -0.39 is 0 Å². The summed E-state index contributed by atoms with van der Waals surface area (Å²) in [5, 5.41) is 7.45. The second-order valence-electron chi connectivity index (χ2n) is 3.47. The van der Waals surface area contributed by atoms with Crippen LogP contribution in [0.3, 0.4) is 0 Å². The second-order valence-corrected chi connectivity index (χ2v) is 3.47. The van der Waals surface area contributed by atoms with Crippen molar-refractivity contribution < 1.29 is 4.74 Å². The van der Waals surface area contributed by atoms with Crippen molar-refractivity contribution in [3.8, 4) is 11.5 Å². The summed E-state index contributed by atoms with van der Waals surface area (Å²) >= 11 is 0. The molecule has 0 atom stereocenters. The molecule has 0 saturated carbocycles. The van der Waals surface area contributed by atoms with Crippen molar-refractivity contribution in [2.24, 2.45) is 5.73 Å². The third-order valence-electron chi connectivity index (χ3n) is 2.25. The van der Waals surface area contributed by atoms with Gasteiger partial charge in [-0.05, 0) is 25.1 Å². The SMILES string of the molecule is Cc1ncccc1Oc1cnccc1C(=N)N.